The molecule has 2 saturated carbocycles. The summed E-state index contributed by atoms with van der Waals surface area (Å²) in [5.74, 6) is -0.685. The molecular weight excluding hydrogens is 280 g/mol. The van der Waals surface area contributed by atoms with Crippen LogP contribution in [0.4, 0.5) is 0 Å². The van der Waals surface area contributed by atoms with E-state index in [0.717, 1.165) is 17.7 Å². The average Bonchev–Trinajstić information content (AvgIpc) is 2.80. The average molecular weight is 297 g/mol. The summed E-state index contributed by atoms with van der Waals surface area (Å²) in [6.45, 7) is 0. The van der Waals surface area contributed by atoms with E-state index in [1.54, 1.807) is 0 Å². The lowest BCUT2D eigenvalue weighted by molar-refractivity contribution is -0.146. The van der Waals surface area contributed by atoms with Gasteiger partial charge in [-0.15, -0.1) is 11.8 Å². The number of rotatable bonds is 3. The summed E-state index contributed by atoms with van der Waals surface area (Å²) in [6.07, 6.45) is 6.51. The van der Waals surface area contributed by atoms with Crippen molar-refractivity contribution < 1.29 is 9.90 Å². The van der Waals surface area contributed by atoms with Crippen LogP contribution in [-0.4, -0.2) is 15.8 Å². The predicted molar refractivity (Wildman–Crippen MR) is 77.8 cm³/mol. The van der Waals surface area contributed by atoms with E-state index in [2.05, 4.69) is 0 Å². The van der Waals surface area contributed by atoms with E-state index in [-0.39, 0.29) is 0 Å². The fourth-order valence-corrected chi connectivity index (χ4v) is 5.47. The van der Waals surface area contributed by atoms with Gasteiger partial charge in [-0.05, 0) is 43.2 Å². The first-order valence-electron chi connectivity index (χ1n) is 6.72. The molecular formula is C15H17ClO2S. The van der Waals surface area contributed by atoms with Crippen LogP contribution >= 0.6 is 23.4 Å². The Balaban J connectivity index is 1.80. The van der Waals surface area contributed by atoms with E-state index in [4.69, 9.17) is 11.6 Å². The van der Waals surface area contributed by atoms with E-state index in [9.17, 15) is 9.90 Å². The zero-order chi connectivity index (χ0) is 13.5. The summed E-state index contributed by atoms with van der Waals surface area (Å²) in [6, 6.07) is 7.52. The highest BCUT2D eigenvalue weighted by atomic mass is 35.5. The molecule has 0 amide bonds. The third-order valence-corrected chi connectivity index (χ3v) is 6.39. The molecule has 2 fully saturated rings. The summed E-state index contributed by atoms with van der Waals surface area (Å²) < 4.78 is -0.657. The van der Waals surface area contributed by atoms with E-state index in [0.29, 0.717) is 10.4 Å². The Morgan fingerprint density at radius 2 is 1.84 bits per heavy atom. The zero-order valence-electron chi connectivity index (χ0n) is 10.7. The van der Waals surface area contributed by atoms with E-state index < -0.39 is 10.7 Å². The molecule has 1 N–H and O–H groups in total. The number of halogens is 1. The van der Waals surface area contributed by atoms with Gasteiger partial charge in [0.25, 0.3) is 0 Å². The standard InChI is InChI=1S/C15H17ClO2S/c16-11-5-1-2-6-12(11)19-15(13(17)18)9-14(10-15)7-3-4-8-14/h1-2,5-6H,3-4,7-10H2,(H,17,18). The molecule has 3 rings (SSSR count). The van der Waals surface area contributed by atoms with Gasteiger partial charge in [-0.2, -0.15) is 0 Å². The highest BCUT2D eigenvalue weighted by Crippen LogP contribution is 2.64. The van der Waals surface area contributed by atoms with Crippen molar-refractivity contribution in [3.05, 3.63) is 29.3 Å². The van der Waals surface area contributed by atoms with Gasteiger partial charge in [0, 0.05) is 4.90 Å². The van der Waals surface area contributed by atoms with E-state index in [1.165, 1.54) is 37.4 Å². The smallest absolute Gasteiger partial charge is 0.320 e. The quantitative estimate of drug-likeness (QED) is 0.885. The molecule has 0 saturated heterocycles. The van der Waals surface area contributed by atoms with Gasteiger partial charge < -0.3 is 5.11 Å². The zero-order valence-corrected chi connectivity index (χ0v) is 12.3. The topological polar surface area (TPSA) is 37.3 Å². The second-order valence-electron chi connectivity index (χ2n) is 5.89. The number of carboxylic acids is 1. The Hall–Kier alpha value is -0.670. The van der Waals surface area contributed by atoms with Gasteiger partial charge in [0.1, 0.15) is 4.75 Å². The Labute approximate surface area is 122 Å². The van der Waals surface area contributed by atoms with Crippen molar-refractivity contribution in [2.75, 3.05) is 0 Å². The minimum Gasteiger partial charge on any atom is -0.480 e. The largest absolute Gasteiger partial charge is 0.480 e. The number of benzene rings is 1. The molecule has 1 aromatic carbocycles. The molecule has 102 valence electrons. The van der Waals surface area contributed by atoms with Crippen LogP contribution < -0.4 is 0 Å². The molecule has 0 unspecified atom stereocenters. The fourth-order valence-electron chi connectivity index (χ4n) is 3.64. The lowest BCUT2D eigenvalue weighted by Gasteiger charge is -2.52. The molecule has 19 heavy (non-hydrogen) atoms. The summed E-state index contributed by atoms with van der Waals surface area (Å²) in [4.78, 5) is 12.6. The third-order valence-electron chi connectivity index (χ3n) is 4.52. The molecule has 0 bridgehead atoms. The molecule has 2 aliphatic rings. The number of hydrogen-bond donors (Lipinski definition) is 1. The number of hydrogen-bond acceptors (Lipinski definition) is 2. The maximum absolute atomic E-state index is 11.7. The lowest BCUT2D eigenvalue weighted by atomic mass is 9.60. The molecule has 2 aliphatic carbocycles. The molecule has 4 heteroatoms. The van der Waals surface area contributed by atoms with Gasteiger partial charge in [-0.25, -0.2) is 0 Å². The van der Waals surface area contributed by atoms with Crippen LogP contribution in [0.5, 0.6) is 0 Å². The summed E-state index contributed by atoms with van der Waals surface area (Å²) in [5, 5.41) is 10.3. The van der Waals surface area contributed by atoms with Crippen molar-refractivity contribution in [3.63, 3.8) is 0 Å². The predicted octanol–water partition coefficient (Wildman–Crippen LogP) is 4.61. The van der Waals surface area contributed by atoms with Crippen molar-refractivity contribution in [3.8, 4) is 0 Å². The summed E-state index contributed by atoms with van der Waals surface area (Å²) in [7, 11) is 0. The fraction of sp³-hybridized carbons (Fsp3) is 0.533. The van der Waals surface area contributed by atoms with Gasteiger partial charge in [-0.3, -0.25) is 4.79 Å². The number of carbonyl (C=O) groups is 1. The molecule has 1 spiro atoms. The second kappa shape index (κ2) is 4.71. The molecule has 0 heterocycles. The van der Waals surface area contributed by atoms with Gasteiger partial charge >= 0.3 is 5.97 Å². The first kappa shape index (κ1) is 13.3. The second-order valence-corrected chi connectivity index (χ2v) is 7.73. The maximum atomic E-state index is 11.7. The molecule has 0 radical (unpaired) electrons. The molecule has 2 nitrogen and oxygen atoms in total. The first-order valence-corrected chi connectivity index (χ1v) is 7.92. The van der Waals surface area contributed by atoms with E-state index in [1.807, 2.05) is 24.3 Å². The van der Waals surface area contributed by atoms with Crippen molar-refractivity contribution in [2.45, 2.75) is 48.2 Å². The van der Waals surface area contributed by atoms with Gasteiger partial charge in [0.05, 0.1) is 5.02 Å². The highest BCUT2D eigenvalue weighted by molar-refractivity contribution is 8.01. The Morgan fingerprint density at radius 1 is 1.21 bits per heavy atom. The molecule has 0 aromatic heterocycles. The SMILES string of the molecule is O=C(O)C1(Sc2ccccc2Cl)CC2(CCCC2)C1. The highest BCUT2D eigenvalue weighted by Gasteiger charge is 2.60. The van der Waals surface area contributed by atoms with Crippen LogP contribution in [0.1, 0.15) is 38.5 Å². The van der Waals surface area contributed by atoms with Crippen molar-refractivity contribution >= 4 is 29.3 Å². The monoisotopic (exact) mass is 296 g/mol. The Kier molecular flexibility index (Phi) is 3.30. The third kappa shape index (κ3) is 2.27. The van der Waals surface area contributed by atoms with Gasteiger partial charge in [0.2, 0.25) is 0 Å². The number of aliphatic carboxylic acids is 1. The van der Waals surface area contributed by atoms with Crippen LogP contribution in [0, 0.1) is 5.41 Å². The minimum atomic E-state index is -0.685. The molecule has 0 aliphatic heterocycles. The van der Waals surface area contributed by atoms with Crippen LogP contribution in [0.3, 0.4) is 0 Å². The normalized spacial score (nSPS) is 23.2. The number of thioether (sulfide) groups is 1. The minimum absolute atomic E-state index is 0.312. The van der Waals surface area contributed by atoms with Crippen molar-refractivity contribution in [1.82, 2.24) is 0 Å². The number of carboxylic acid groups (broad SMARTS) is 1. The maximum Gasteiger partial charge on any atom is 0.320 e. The first-order chi connectivity index (χ1) is 9.05. The Morgan fingerprint density at radius 3 is 2.42 bits per heavy atom. The van der Waals surface area contributed by atoms with Crippen LogP contribution in [-0.2, 0) is 4.79 Å². The molecule has 0 atom stereocenters. The van der Waals surface area contributed by atoms with Crippen molar-refractivity contribution in [2.24, 2.45) is 5.41 Å². The summed E-state index contributed by atoms with van der Waals surface area (Å²) in [5.41, 5.74) is 0.312. The van der Waals surface area contributed by atoms with E-state index >= 15 is 0 Å². The summed E-state index contributed by atoms with van der Waals surface area (Å²) >= 11 is 7.60. The lowest BCUT2D eigenvalue weighted by Crippen LogP contribution is -2.53. The van der Waals surface area contributed by atoms with Crippen LogP contribution in [0.15, 0.2) is 29.2 Å². The molecule has 1 aromatic rings. The van der Waals surface area contributed by atoms with Crippen molar-refractivity contribution in [1.29, 1.82) is 0 Å². The van der Waals surface area contributed by atoms with Gasteiger partial charge in [0.15, 0.2) is 0 Å². The van der Waals surface area contributed by atoms with Gasteiger partial charge in [-0.1, -0.05) is 36.6 Å². The Bertz CT molecular complexity index is 501. The van der Waals surface area contributed by atoms with Crippen LogP contribution in [0.25, 0.3) is 0 Å². The van der Waals surface area contributed by atoms with Crippen LogP contribution in [0.2, 0.25) is 5.02 Å².